The first kappa shape index (κ1) is 22.5. The monoisotopic (exact) mass is 475 g/mol. The van der Waals surface area contributed by atoms with Gasteiger partial charge in [-0.1, -0.05) is 19.4 Å². The van der Waals surface area contributed by atoms with Gasteiger partial charge >= 0.3 is 0 Å². The number of pyridine rings is 1. The van der Waals surface area contributed by atoms with E-state index in [2.05, 4.69) is 12.2 Å². The van der Waals surface area contributed by atoms with Crippen molar-refractivity contribution in [2.75, 3.05) is 17.7 Å². The van der Waals surface area contributed by atoms with Gasteiger partial charge in [-0.2, -0.15) is 0 Å². The molecule has 5 rings (SSSR count). The van der Waals surface area contributed by atoms with Gasteiger partial charge in [0.2, 0.25) is 0 Å². The van der Waals surface area contributed by atoms with Gasteiger partial charge in [0, 0.05) is 28.4 Å². The number of nitrogens with one attached hydrogen (secondary N) is 1. The minimum atomic E-state index is -0.245. The van der Waals surface area contributed by atoms with Crippen molar-refractivity contribution in [2.45, 2.75) is 52.4 Å². The molecule has 1 aromatic carbocycles. The van der Waals surface area contributed by atoms with Crippen molar-refractivity contribution in [3.05, 3.63) is 58.3 Å². The van der Waals surface area contributed by atoms with Crippen LogP contribution in [0.3, 0.4) is 0 Å². The molecule has 0 saturated carbocycles. The van der Waals surface area contributed by atoms with Crippen LogP contribution in [0, 0.1) is 6.92 Å². The molecule has 0 bridgehead atoms. The first-order chi connectivity index (χ1) is 16.5. The number of benzene rings is 1. The Balaban J connectivity index is 1.52. The van der Waals surface area contributed by atoms with Crippen LogP contribution in [0.1, 0.15) is 59.3 Å². The Labute approximate surface area is 203 Å². The summed E-state index contributed by atoms with van der Waals surface area (Å²) in [6, 6.07) is 11.4. The lowest BCUT2D eigenvalue weighted by Gasteiger charge is -2.18. The van der Waals surface area contributed by atoms with E-state index in [0.717, 1.165) is 77.3 Å². The largest absolute Gasteiger partial charge is 0.494 e. The molecule has 4 aromatic rings. The van der Waals surface area contributed by atoms with Crippen molar-refractivity contribution in [3.63, 3.8) is 0 Å². The molecule has 1 aliphatic rings. The Kier molecular flexibility index (Phi) is 6.28. The first-order valence-corrected chi connectivity index (χ1v) is 12.7. The SMILES string of the molecule is CCCCOc1cccc(NC(=O)c2sc3nc4c(c(-c5ccc(C)o5)c3c2N)CCCC4)c1. The molecule has 3 heterocycles. The standard InChI is InChI=1S/C27H29N3O3S/c1-3-4-14-32-18-9-7-8-17(15-18)29-26(31)25-24(28)23-22(21-13-12-16(2)33-21)19-10-5-6-11-20(19)30-27(23)34-25/h7-9,12-13,15H,3-6,10-11,14,28H2,1-2H3,(H,29,31). The van der Waals surface area contributed by atoms with E-state index < -0.39 is 0 Å². The number of amides is 1. The van der Waals surface area contributed by atoms with Crippen LogP contribution in [0.25, 0.3) is 21.5 Å². The number of nitrogens with zero attached hydrogens (tertiary/aromatic N) is 1. The highest BCUT2D eigenvalue weighted by atomic mass is 32.1. The quantitative estimate of drug-likeness (QED) is 0.288. The maximum absolute atomic E-state index is 13.3. The fraction of sp³-hybridized carbons (Fsp3) is 0.333. The molecule has 0 atom stereocenters. The molecule has 176 valence electrons. The molecule has 0 unspecified atom stereocenters. The number of carbonyl (C=O) groups is 1. The number of aryl methyl sites for hydroxylation is 2. The predicted octanol–water partition coefficient (Wildman–Crippen LogP) is 6.76. The number of anilines is 2. The van der Waals surface area contributed by atoms with Crippen LogP contribution < -0.4 is 15.8 Å². The Morgan fingerprint density at radius 2 is 2.09 bits per heavy atom. The molecule has 3 N–H and O–H groups in total. The smallest absolute Gasteiger partial charge is 0.267 e. The lowest BCUT2D eigenvalue weighted by atomic mass is 9.89. The zero-order chi connectivity index (χ0) is 23.7. The Morgan fingerprint density at radius 3 is 2.88 bits per heavy atom. The molecule has 34 heavy (non-hydrogen) atoms. The van der Waals surface area contributed by atoms with Gasteiger partial charge in [0.15, 0.2) is 0 Å². The number of rotatable bonds is 7. The summed E-state index contributed by atoms with van der Waals surface area (Å²) in [6.45, 7) is 4.71. The van der Waals surface area contributed by atoms with Gasteiger partial charge < -0.3 is 20.2 Å². The van der Waals surface area contributed by atoms with Crippen LogP contribution in [-0.2, 0) is 12.8 Å². The third kappa shape index (κ3) is 4.28. The summed E-state index contributed by atoms with van der Waals surface area (Å²) in [5, 5.41) is 3.81. The van der Waals surface area contributed by atoms with Crippen LogP contribution in [0.5, 0.6) is 5.75 Å². The normalized spacial score (nSPS) is 13.1. The van der Waals surface area contributed by atoms with Gasteiger partial charge in [0.05, 0.1) is 12.3 Å². The third-order valence-electron chi connectivity index (χ3n) is 6.21. The van der Waals surface area contributed by atoms with E-state index in [1.165, 1.54) is 16.9 Å². The van der Waals surface area contributed by atoms with Gasteiger partial charge in [-0.05, 0) is 68.9 Å². The van der Waals surface area contributed by atoms with Gasteiger partial charge in [0.25, 0.3) is 5.91 Å². The summed E-state index contributed by atoms with van der Waals surface area (Å²) in [7, 11) is 0. The van der Waals surface area contributed by atoms with Gasteiger partial charge in [-0.15, -0.1) is 11.3 Å². The van der Waals surface area contributed by atoms with E-state index in [4.69, 9.17) is 19.9 Å². The number of furan rings is 1. The van der Waals surface area contributed by atoms with E-state index in [-0.39, 0.29) is 5.91 Å². The summed E-state index contributed by atoms with van der Waals surface area (Å²) in [4.78, 5) is 19.5. The molecular formula is C27H29N3O3S. The van der Waals surface area contributed by atoms with Crippen LogP contribution in [0.15, 0.2) is 40.8 Å². The summed E-state index contributed by atoms with van der Waals surface area (Å²) < 4.78 is 11.8. The number of fused-ring (bicyclic) bond motifs is 2. The van der Waals surface area contributed by atoms with Gasteiger partial charge in [0.1, 0.15) is 27.0 Å². The fourth-order valence-electron chi connectivity index (χ4n) is 4.50. The maximum atomic E-state index is 13.3. The molecule has 0 fully saturated rings. The molecule has 0 spiro atoms. The van der Waals surface area contributed by atoms with Crippen molar-refractivity contribution in [1.29, 1.82) is 0 Å². The molecular weight excluding hydrogens is 446 g/mol. The van der Waals surface area contributed by atoms with E-state index in [9.17, 15) is 4.79 Å². The van der Waals surface area contributed by atoms with Crippen molar-refractivity contribution in [3.8, 4) is 17.1 Å². The van der Waals surface area contributed by atoms with E-state index in [1.54, 1.807) is 0 Å². The minimum absolute atomic E-state index is 0.245. The highest BCUT2D eigenvalue weighted by Gasteiger charge is 2.27. The van der Waals surface area contributed by atoms with E-state index >= 15 is 0 Å². The molecule has 3 aromatic heterocycles. The number of nitrogens with two attached hydrogens (primary N) is 1. The maximum Gasteiger partial charge on any atom is 0.267 e. The molecule has 6 nitrogen and oxygen atoms in total. The van der Waals surface area contributed by atoms with Crippen LogP contribution in [-0.4, -0.2) is 17.5 Å². The predicted molar refractivity (Wildman–Crippen MR) is 138 cm³/mol. The highest BCUT2D eigenvalue weighted by molar-refractivity contribution is 7.21. The lowest BCUT2D eigenvalue weighted by molar-refractivity contribution is 0.103. The third-order valence-corrected chi connectivity index (χ3v) is 7.30. The lowest BCUT2D eigenvalue weighted by Crippen LogP contribution is -2.12. The summed E-state index contributed by atoms with van der Waals surface area (Å²) >= 11 is 1.34. The molecule has 0 radical (unpaired) electrons. The van der Waals surface area contributed by atoms with Crippen molar-refractivity contribution in [2.24, 2.45) is 0 Å². The number of carbonyl (C=O) groups excluding carboxylic acids is 1. The van der Waals surface area contributed by atoms with Gasteiger partial charge in [-0.3, -0.25) is 4.79 Å². The minimum Gasteiger partial charge on any atom is -0.494 e. The van der Waals surface area contributed by atoms with Crippen LogP contribution in [0.4, 0.5) is 11.4 Å². The Bertz CT molecular complexity index is 1350. The number of ether oxygens (including phenoxy) is 1. The molecule has 7 heteroatoms. The average molecular weight is 476 g/mol. The second-order valence-corrected chi connectivity index (χ2v) is 9.74. The van der Waals surface area contributed by atoms with Gasteiger partial charge in [-0.25, -0.2) is 4.98 Å². The van der Waals surface area contributed by atoms with E-state index in [0.29, 0.717) is 22.9 Å². The number of hydrogen-bond donors (Lipinski definition) is 2. The second kappa shape index (κ2) is 9.50. The van der Waals surface area contributed by atoms with Crippen LogP contribution >= 0.6 is 11.3 Å². The molecule has 0 saturated heterocycles. The average Bonchev–Trinajstić information content (AvgIpc) is 3.41. The molecule has 1 aliphatic carbocycles. The summed E-state index contributed by atoms with van der Waals surface area (Å²) in [6.07, 6.45) is 6.16. The molecule has 0 aliphatic heterocycles. The molecule has 1 amide bonds. The number of nitrogen functional groups attached to an aromatic ring is 1. The topological polar surface area (TPSA) is 90.4 Å². The first-order valence-electron chi connectivity index (χ1n) is 11.9. The van der Waals surface area contributed by atoms with Crippen LogP contribution in [0.2, 0.25) is 0 Å². The zero-order valence-electron chi connectivity index (χ0n) is 19.6. The Hall–Kier alpha value is -3.32. The fourth-order valence-corrected chi connectivity index (χ4v) is 5.52. The summed E-state index contributed by atoms with van der Waals surface area (Å²) in [5.74, 6) is 2.12. The number of unbranched alkanes of at least 4 members (excludes halogenated alkanes) is 1. The van der Waals surface area contributed by atoms with Crippen molar-refractivity contribution in [1.82, 2.24) is 4.98 Å². The Morgan fingerprint density at radius 1 is 1.24 bits per heavy atom. The van der Waals surface area contributed by atoms with Crippen molar-refractivity contribution >= 4 is 38.8 Å². The van der Waals surface area contributed by atoms with Crippen molar-refractivity contribution < 1.29 is 13.9 Å². The highest BCUT2D eigenvalue weighted by Crippen LogP contribution is 2.44. The second-order valence-electron chi connectivity index (χ2n) is 8.74. The summed E-state index contributed by atoms with van der Waals surface area (Å²) in [5.41, 5.74) is 11.0. The van der Waals surface area contributed by atoms with E-state index in [1.807, 2.05) is 43.3 Å². The number of thiophene rings is 1. The number of hydrogen-bond acceptors (Lipinski definition) is 6. The zero-order valence-corrected chi connectivity index (χ0v) is 20.4. The number of aromatic nitrogens is 1.